The monoisotopic (exact) mass is 449 g/mol. The summed E-state index contributed by atoms with van der Waals surface area (Å²) in [5.74, 6) is 0. The van der Waals surface area contributed by atoms with Crippen molar-refractivity contribution in [1.29, 1.82) is 0 Å². The number of hydrogen-bond acceptors (Lipinski definition) is 1. The molecule has 1 heterocycles. The van der Waals surface area contributed by atoms with E-state index in [1.165, 1.54) is 49.0 Å². The number of likely N-dealkylation sites (N-methyl/N-ethyl adjacent to an activating group) is 1. The molecule has 0 unspecified atom stereocenters. The highest BCUT2D eigenvalue weighted by atomic mass is 16.3. The normalized spacial score (nSPS) is 12.6. The maximum absolute atomic E-state index is 11.3. The van der Waals surface area contributed by atoms with Crippen molar-refractivity contribution in [2.24, 2.45) is 0 Å². The van der Waals surface area contributed by atoms with Crippen LogP contribution < -0.4 is 4.90 Å². The number of aliphatic hydroxyl groups is 1. The second kappa shape index (κ2) is 9.84. The van der Waals surface area contributed by atoms with Crippen LogP contribution in [0.2, 0.25) is 0 Å². The molecule has 0 spiro atoms. The molecule has 0 fully saturated rings. The van der Waals surface area contributed by atoms with Crippen LogP contribution in [-0.4, -0.2) is 35.4 Å². The zero-order chi connectivity index (χ0) is 23.5. The molecule has 0 bridgehead atoms. The van der Waals surface area contributed by atoms with Gasteiger partial charge >= 0.3 is 0 Å². The SMILES string of the molecule is CC[NH+](CC)C[C@H](O)Cn1c(-c2ccccc2)c(-c2ccccc2)c2ccc3ccccc3c21. The summed E-state index contributed by atoms with van der Waals surface area (Å²) in [5, 5.41) is 14.9. The molecule has 1 aromatic heterocycles. The summed E-state index contributed by atoms with van der Waals surface area (Å²) in [6, 6.07) is 34.3. The summed E-state index contributed by atoms with van der Waals surface area (Å²) in [6.45, 7) is 7.71. The van der Waals surface area contributed by atoms with Crippen molar-refractivity contribution in [2.45, 2.75) is 26.5 Å². The second-order valence-electron chi connectivity index (χ2n) is 9.06. The van der Waals surface area contributed by atoms with E-state index in [2.05, 4.69) is 115 Å². The summed E-state index contributed by atoms with van der Waals surface area (Å²) in [7, 11) is 0. The Morgan fingerprint density at radius 2 is 1.32 bits per heavy atom. The highest BCUT2D eigenvalue weighted by molar-refractivity contribution is 6.15. The van der Waals surface area contributed by atoms with Crippen LogP contribution in [-0.2, 0) is 6.54 Å². The summed E-state index contributed by atoms with van der Waals surface area (Å²) in [4.78, 5) is 1.42. The highest BCUT2D eigenvalue weighted by Crippen LogP contribution is 2.43. The Morgan fingerprint density at radius 3 is 2.00 bits per heavy atom. The van der Waals surface area contributed by atoms with Gasteiger partial charge in [-0.05, 0) is 30.4 Å². The van der Waals surface area contributed by atoms with Gasteiger partial charge in [0.15, 0.2) is 0 Å². The van der Waals surface area contributed by atoms with Crippen LogP contribution in [0.25, 0.3) is 44.1 Å². The molecular weight excluding hydrogens is 416 g/mol. The first-order chi connectivity index (χ1) is 16.7. The number of fused-ring (bicyclic) bond motifs is 3. The molecule has 0 saturated carbocycles. The van der Waals surface area contributed by atoms with Crippen LogP contribution in [0.15, 0.2) is 97.1 Å². The molecule has 0 aliphatic carbocycles. The van der Waals surface area contributed by atoms with E-state index in [1.807, 2.05) is 0 Å². The molecule has 4 aromatic carbocycles. The number of aliphatic hydroxyl groups excluding tert-OH is 1. The lowest BCUT2D eigenvalue weighted by atomic mass is 9.97. The Labute approximate surface area is 201 Å². The lowest BCUT2D eigenvalue weighted by molar-refractivity contribution is -0.899. The summed E-state index contributed by atoms with van der Waals surface area (Å²) < 4.78 is 2.38. The van der Waals surface area contributed by atoms with Crippen LogP contribution in [0, 0.1) is 0 Å². The van der Waals surface area contributed by atoms with E-state index in [1.54, 1.807) is 0 Å². The molecule has 0 amide bonds. The van der Waals surface area contributed by atoms with Crippen LogP contribution >= 0.6 is 0 Å². The zero-order valence-electron chi connectivity index (χ0n) is 20.0. The lowest BCUT2D eigenvalue weighted by Gasteiger charge is -2.21. The average Bonchev–Trinajstić information content (AvgIpc) is 3.22. The van der Waals surface area contributed by atoms with E-state index < -0.39 is 6.10 Å². The fourth-order valence-electron chi connectivity index (χ4n) is 5.24. The molecule has 3 heteroatoms. The second-order valence-corrected chi connectivity index (χ2v) is 9.06. The lowest BCUT2D eigenvalue weighted by Crippen LogP contribution is -3.12. The van der Waals surface area contributed by atoms with Gasteiger partial charge in [-0.25, -0.2) is 0 Å². The van der Waals surface area contributed by atoms with Crippen molar-refractivity contribution < 1.29 is 10.0 Å². The third-order valence-corrected chi connectivity index (χ3v) is 6.97. The first-order valence-electron chi connectivity index (χ1n) is 12.4. The molecule has 1 atom stereocenters. The molecule has 5 aromatic rings. The van der Waals surface area contributed by atoms with Crippen molar-refractivity contribution in [2.75, 3.05) is 19.6 Å². The number of aromatic nitrogens is 1. The van der Waals surface area contributed by atoms with Gasteiger partial charge in [-0.1, -0.05) is 97.1 Å². The number of nitrogens with one attached hydrogen (secondary N) is 1. The highest BCUT2D eigenvalue weighted by Gasteiger charge is 2.24. The van der Waals surface area contributed by atoms with Gasteiger partial charge in [0, 0.05) is 16.3 Å². The molecule has 5 rings (SSSR count). The maximum atomic E-state index is 11.3. The number of quaternary nitrogens is 1. The molecule has 0 aliphatic rings. The first kappa shape index (κ1) is 22.4. The summed E-state index contributed by atoms with van der Waals surface area (Å²) in [6.07, 6.45) is -0.435. The minimum absolute atomic E-state index is 0.435. The number of hydrogen-bond donors (Lipinski definition) is 2. The minimum Gasteiger partial charge on any atom is -0.385 e. The van der Waals surface area contributed by atoms with Gasteiger partial charge in [-0.2, -0.15) is 0 Å². The minimum atomic E-state index is -0.435. The Morgan fingerprint density at radius 1 is 0.706 bits per heavy atom. The van der Waals surface area contributed by atoms with Crippen molar-refractivity contribution in [1.82, 2.24) is 4.57 Å². The van der Waals surface area contributed by atoms with Crippen molar-refractivity contribution >= 4 is 21.7 Å². The third-order valence-electron chi connectivity index (χ3n) is 6.97. The summed E-state index contributed by atoms with van der Waals surface area (Å²) in [5.41, 5.74) is 5.97. The Bertz CT molecular complexity index is 1390. The largest absolute Gasteiger partial charge is 0.385 e. The zero-order valence-corrected chi connectivity index (χ0v) is 20.0. The summed E-state index contributed by atoms with van der Waals surface area (Å²) >= 11 is 0. The van der Waals surface area contributed by atoms with Gasteiger partial charge in [0.25, 0.3) is 0 Å². The predicted molar refractivity (Wildman–Crippen MR) is 143 cm³/mol. The van der Waals surface area contributed by atoms with E-state index in [0.717, 1.165) is 19.6 Å². The fraction of sp³-hybridized carbons (Fsp3) is 0.226. The maximum Gasteiger partial charge on any atom is 0.121 e. The third kappa shape index (κ3) is 4.13. The van der Waals surface area contributed by atoms with Crippen molar-refractivity contribution in [3.8, 4) is 22.4 Å². The molecule has 0 saturated heterocycles. The quantitative estimate of drug-likeness (QED) is 0.326. The number of rotatable bonds is 8. The van der Waals surface area contributed by atoms with Gasteiger partial charge in [0.1, 0.15) is 12.6 Å². The van der Waals surface area contributed by atoms with Gasteiger partial charge in [-0.15, -0.1) is 0 Å². The smallest absolute Gasteiger partial charge is 0.121 e. The van der Waals surface area contributed by atoms with Crippen LogP contribution in [0.3, 0.4) is 0 Å². The van der Waals surface area contributed by atoms with Gasteiger partial charge in [0.05, 0.1) is 30.8 Å². The molecule has 0 aliphatic heterocycles. The van der Waals surface area contributed by atoms with Crippen molar-refractivity contribution in [3.05, 3.63) is 97.1 Å². The fourth-order valence-corrected chi connectivity index (χ4v) is 5.24. The topological polar surface area (TPSA) is 29.6 Å². The molecule has 0 radical (unpaired) electrons. The molecule has 3 nitrogen and oxygen atoms in total. The van der Waals surface area contributed by atoms with Crippen LogP contribution in [0.4, 0.5) is 0 Å². The van der Waals surface area contributed by atoms with Gasteiger partial charge < -0.3 is 14.6 Å². The number of nitrogens with zero attached hydrogens (tertiary/aromatic N) is 1. The van der Waals surface area contributed by atoms with Crippen molar-refractivity contribution in [3.63, 3.8) is 0 Å². The van der Waals surface area contributed by atoms with Crippen LogP contribution in [0.5, 0.6) is 0 Å². The first-order valence-corrected chi connectivity index (χ1v) is 12.4. The Hall–Kier alpha value is -3.40. The predicted octanol–water partition coefficient (Wildman–Crippen LogP) is 5.41. The molecule has 34 heavy (non-hydrogen) atoms. The van der Waals surface area contributed by atoms with E-state index in [0.29, 0.717) is 6.54 Å². The number of benzene rings is 4. The van der Waals surface area contributed by atoms with E-state index >= 15 is 0 Å². The van der Waals surface area contributed by atoms with E-state index in [-0.39, 0.29) is 0 Å². The molecule has 2 N–H and O–H groups in total. The molecule has 172 valence electrons. The van der Waals surface area contributed by atoms with E-state index in [4.69, 9.17) is 0 Å². The van der Waals surface area contributed by atoms with E-state index in [9.17, 15) is 5.11 Å². The average molecular weight is 450 g/mol. The van der Waals surface area contributed by atoms with Crippen LogP contribution in [0.1, 0.15) is 13.8 Å². The Kier molecular flexibility index (Phi) is 6.48. The standard InChI is InChI=1S/C31H32N2O/c1-3-32(4-2)21-26(34)22-33-30(25-16-9-6-10-17-25)29(24-14-7-5-8-15-24)28-20-19-23-13-11-12-18-27(23)31(28)33/h5-20,26,34H,3-4,21-22H2,1-2H3/p+1/t26-/m0/s1. The molecular formula is C31H33N2O+. The van der Waals surface area contributed by atoms with Gasteiger partial charge in [-0.3, -0.25) is 0 Å². The van der Waals surface area contributed by atoms with Gasteiger partial charge in [0.2, 0.25) is 0 Å². The Balaban J connectivity index is 1.83.